The van der Waals surface area contributed by atoms with Gasteiger partial charge in [0.1, 0.15) is 5.38 Å². The molecule has 9 heteroatoms. The highest BCUT2D eigenvalue weighted by atomic mass is 35.5. The van der Waals surface area contributed by atoms with E-state index in [1.807, 2.05) is 0 Å². The normalized spacial score (nSPS) is 33.0. The Kier molecular flexibility index (Phi) is 4.59. The highest BCUT2D eigenvalue weighted by molar-refractivity contribution is 6.74. The topological polar surface area (TPSA) is 0 Å². The van der Waals surface area contributed by atoms with E-state index in [2.05, 4.69) is 0 Å². The van der Waals surface area contributed by atoms with Crippen LogP contribution in [0.3, 0.4) is 0 Å². The maximum atomic E-state index is 5.89. The summed E-state index contributed by atoms with van der Waals surface area (Å²) in [7, 11) is 0. The highest BCUT2D eigenvalue weighted by Crippen LogP contribution is 2.65. The third-order valence-corrected chi connectivity index (χ3v) is 7.79. The van der Waals surface area contributed by atoms with Crippen LogP contribution in [0.4, 0.5) is 0 Å². The summed E-state index contributed by atoms with van der Waals surface area (Å²) in [5.41, 5.74) is 0. The Bertz CT molecular complexity index is 315. The third kappa shape index (κ3) is 2.07. The fourth-order valence-corrected chi connectivity index (χ4v) is 3.83. The van der Waals surface area contributed by atoms with Crippen LogP contribution in [-0.4, -0.2) is 18.4 Å². The van der Waals surface area contributed by atoms with Gasteiger partial charge in [-0.2, -0.15) is 0 Å². The quantitative estimate of drug-likeness (QED) is 0.456. The van der Waals surface area contributed by atoms with E-state index >= 15 is 0 Å². The van der Waals surface area contributed by atoms with Crippen molar-refractivity contribution in [2.75, 3.05) is 0 Å². The van der Waals surface area contributed by atoms with Gasteiger partial charge in [-0.3, -0.25) is 0 Å². The summed E-state index contributed by atoms with van der Waals surface area (Å²) in [6.07, 6.45) is 0. The van der Waals surface area contributed by atoms with Crippen molar-refractivity contribution >= 4 is 104 Å². The van der Waals surface area contributed by atoms with E-state index in [0.717, 1.165) is 0 Å². The second-order valence-corrected chi connectivity index (χ2v) is 8.06. The Morgan fingerprint density at radius 2 is 1.27 bits per heavy atom. The lowest BCUT2D eigenvalue weighted by molar-refractivity contribution is 0.604. The SMILES string of the molecule is ClC1=C(Cl)C(Cl)(Cl)C(Cl)(Cl)C(Cl)(Cl)C1Cl. The minimum Gasteiger partial charge on any atom is -0.113 e. The van der Waals surface area contributed by atoms with E-state index in [0.29, 0.717) is 0 Å². The van der Waals surface area contributed by atoms with Crippen molar-refractivity contribution in [3.8, 4) is 0 Å². The van der Waals surface area contributed by atoms with Gasteiger partial charge in [-0.25, -0.2) is 0 Å². The lowest BCUT2D eigenvalue weighted by atomic mass is 10.0. The summed E-state index contributed by atoms with van der Waals surface area (Å²) in [6.45, 7) is 0. The number of allylic oxidation sites excluding steroid dienone is 2. The summed E-state index contributed by atoms with van der Waals surface area (Å²) in [5.74, 6) is 0. The fourth-order valence-electron chi connectivity index (χ4n) is 0.927. The predicted octanol–water partition coefficient (Wildman–Crippen LogP) is 5.82. The summed E-state index contributed by atoms with van der Waals surface area (Å²) in [4.78, 5) is 0. The van der Waals surface area contributed by atoms with Gasteiger partial charge in [-0.15, -0.1) is 11.6 Å². The van der Waals surface area contributed by atoms with Crippen LogP contribution in [0.25, 0.3) is 0 Å². The van der Waals surface area contributed by atoms with Crippen molar-refractivity contribution in [2.45, 2.75) is 18.4 Å². The van der Waals surface area contributed by atoms with Gasteiger partial charge in [0, 0.05) is 0 Å². The van der Waals surface area contributed by atoms with Crippen LogP contribution in [0, 0.1) is 0 Å². The van der Waals surface area contributed by atoms with Crippen molar-refractivity contribution < 1.29 is 0 Å². The first-order valence-electron chi connectivity index (χ1n) is 3.31. The average molecular weight is 392 g/mol. The number of alkyl halides is 7. The van der Waals surface area contributed by atoms with Crippen LogP contribution >= 0.6 is 104 Å². The average Bonchev–Trinajstić information content (AvgIpc) is 2.12. The van der Waals surface area contributed by atoms with Gasteiger partial charge in [-0.1, -0.05) is 92.8 Å². The van der Waals surface area contributed by atoms with Crippen molar-refractivity contribution in [1.29, 1.82) is 0 Å². The molecule has 0 aromatic heterocycles. The second kappa shape index (κ2) is 4.47. The Hall–Kier alpha value is 2.35. The smallest absolute Gasteiger partial charge is 0.113 e. The van der Waals surface area contributed by atoms with Crippen LogP contribution in [0.2, 0.25) is 0 Å². The first-order valence-corrected chi connectivity index (χ1v) is 6.77. The first kappa shape index (κ1) is 15.4. The van der Waals surface area contributed by atoms with Gasteiger partial charge < -0.3 is 0 Å². The van der Waals surface area contributed by atoms with E-state index in [-0.39, 0.29) is 10.1 Å². The van der Waals surface area contributed by atoms with E-state index in [9.17, 15) is 0 Å². The zero-order chi connectivity index (χ0) is 12.2. The Morgan fingerprint density at radius 1 is 0.867 bits per heavy atom. The Balaban J connectivity index is 3.49. The van der Waals surface area contributed by atoms with Gasteiger partial charge in [0.05, 0.1) is 10.1 Å². The number of hydrogen-bond donors (Lipinski definition) is 0. The summed E-state index contributed by atoms with van der Waals surface area (Å²) < 4.78 is -5.83. The molecule has 1 unspecified atom stereocenters. The first-order chi connectivity index (χ1) is 6.48. The van der Waals surface area contributed by atoms with Crippen LogP contribution in [-0.2, 0) is 0 Å². The minimum absolute atomic E-state index is 0.0924. The highest BCUT2D eigenvalue weighted by Gasteiger charge is 2.68. The molecule has 0 amide bonds. The molecule has 15 heavy (non-hydrogen) atoms. The minimum atomic E-state index is -2.01. The van der Waals surface area contributed by atoms with Crippen molar-refractivity contribution in [3.05, 3.63) is 10.1 Å². The largest absolute Gasteiger partial charge is 0.190 e. The van der Waals surface area contributed by atoms with Gasteiger partial charge in [0.15, 0.2) is 13.0 Å². The molecule has 0 nitrogen and oxygen atoms in total. The molecule has 1 atom stereocenters. The summed E-state index contributed by atoms with van der Waals surface area (Å²) in [6, 6.07) is 0. The zero-order valence-corrected chi connectivity index (χ0v) is 13.3. The molecule has 0 fully saturated rings. The van der Waals surface area contributed by atoms with Crippen LogP contribution in [0.1, 0.15) is 0 Å². The Morgan fingerprint density at radius 3 is 1.67 bits per heavy atom. The molecule has 0 aromatic rings. The van der Waals surface area contributed by atoms with Crippen LogP contribution in [0.15, 0.2) is 10.1 Å². The molecule has 0 saturated carbocycles. The van der Waals surface area contributed by atoms with Crippen LogP contribution in [0.5, 0.6) is 0 Å². The molecule has 1 rings (SSSR count). The number of hydrogen-bond acceptors (Lipinski definition) is 0. The molecule has 0 N–H and O–H groups in total. The summed E-state index contributed by atoms with van der Waals surface area (Å²) >= 11 is 52.6. The van der Waals surface area contributed by atoms with Gasteiger partial charge >= 0.3 is 0 Å². The monoisotopic (exact) mass is 388 g/mol. The predicted molar refractivity (Wildman–Crippen MR) is 71.7 cm³/mol. The second-order valence-electron chi connectivity index (χ2n) is 2.80. The molecule has 1 aliphatic carbocycles. The van der Waals surface area contributed by atoms with Gasteiger partial charge in [-0.05, 0) is 0 Å². The van der Waals surface area contributed by atoms with Gasteiger partial charge in [0.25, 0.3) is 0 Å². The molecule has 1 aliphatic rings. The van der Waals surface area contributed by atoms with Gasteiger partial charge in [0.2, 0.25) is 0 Å². The van der Waals surface area contributed by atoms with Crippen molar-refractivity contribution in [3.63, 3.8) is 0 Å². The van der Waals surface area contributed by atoms with Crippen molar-refractivity contribution in [2.24, 2.45) is 0 Å². The lowest BCUT2D eigenvalue weighted by Crippen LogP contribution is -2.58. The molecule has 0 aromatic carbocycles. The van der Waals surface area contributed by atoms with E-state index in [1.165, 1.54) is 0 Å². The van der Waals surface area contributed by atoms with E-state index in [4.69, 9.17) is 104 Å². The number of halogens is 9. The molecule has 0 heterocycles. The molecular weight excluding hydrogens is 391 g/mol. The standard InChI is InChI=1S/C6HCl9/c7-1-2(8)4(10,11)6(14,15)5(12,13)3(1)9/h2H. The Labute approximate surface area is 132 Å². The third-order valence-electron chi connectivity index (χ3n) is 1.84. The number of rotatable bonds is 0. The molecule has 0 aliphatic heterocycles. The maximum absolute atomic E-state index is 5.89. The molecule has 0 saturated heterocycles. The van der Waals surface area contributed by atoms with E-state index < -0.39 is 18.4 Å². The van der Waals surface area contributed by atoms with Crippen LogP contribution < -0.4 is 0 Å². The molecule has 88 valence electrons. The van der Waals surface area contributed by atoms with E-state index in [1.54, 1.807) is 0 Å². The molecule has 0 radical (unpaired) electrons. The molecule has 0 spiro atoms. The lowest BCUT2D eigenvalue weighted by Gasteiger charge is -2.46. The molecular formula is C6HCl9. The van der Waals surface area contributed by atoms with Crippen molar-refractivity contribution in [1.82, 2.24) is 0 Å². The zero-order valence-electron chi connectivity index (χ0n) is 6.48. The summed E-state index contributed by atoms with van der Waals surface area (Å²) in [5, 5.41) is -1.41. The fraction of sp³-hybridized carbons (Fsp3) is 0.667. The molecule has 0 bridgehead atoms. The maximum Gasteiger partial charge on any atom is 0.190 e.